The Kier molecular flexibility index (Phi) is 7.26. The molecule has 6 nitrogen and oxygen atoms in total. The number of hydrogen-bond acceptors (Lipinski definition) is 6. The van der Waals surface area contributed by atoms with Crippen LogP contribution < -0.4 is 9.47 Å². The molecule has 0 saturated carbocycles. The maximum Gasteiger partial charge on any atom is 0.343 e. The van der Waals surface area contributed by atoms with E-state index in [1.165, 1.54) is 13.2 Å². The summed E-state index contributed by atoms with van der Waals surface area (Å²) in [5.74, 6) is -0.194. The minimum atomic E-state index is -0.571. The molecule has 4 rings (SSSR count). The van der Waals surface area contributed by atoms with E-state index >= 15 is 0 Å². The molecule has 0 unspecified atom stereocenters. The Morgan fingerprint density at radius 2 is 1.74 bits per heavy atom. The largest absolute Gasteiger partial charge is 0.497 e. The van der Waals surface area contributed by atoms with Crippen LogP contribution >= 0.6 is 35.0 Å². The summed E-state index contributed by atoms with van der Waals surface area (Å²) in [5.41, 5.74) is 1.60. The van der Waals surface area contributed by atoms with E-state index < -0.39 is 11.9 Å². The van der Waals surface area contributed by atoms with Crippen LogP contribution in [0.15, 0.2) is 71.6 Å². The number of hydrogen-bond donors (Lipinski definition) is 0. The van der Waals surface area contributed by atoms with Crippen molar-refractivity contribution in [3.8, 4) is 11.5 Å². The van der Waals surface area contributed by atoms with Gasteiger partial charge in [0.2, 0.25) is 0 Å². The van der Waals surface area contributed by atoms with Crippen molar-refractivity contribution >= 4 is 58.2 Å². The smallest absolute Gasteiger partial charge is 0.343 e. The van der Waals surface area contributed by atoms with E-state index in [-0.39, 0.29) is 27.5 Å². The summed E-state index contributed by atoms with van der Waals surface area (Å²) in [6, 6.07) is 18.2. The lowest BCUT2D eigenvalue weighted by atomic mass is 10.2. The monoisotopic (exact) mass is 513 g/mol. The van der Waals surface area contributed by atoms with Gasteiger partial charge < -0.3 is 9.47 Å². The molecule has 172 valence electrons. The summed E-state index contributed by atoms with van der Waals surface area (Å²) in [7, 11) is 1.54. The number of thioether (sulfide) groups is 1. The van der Waals surface area contributed by atoms with Crippen molar-refractivity contribution in [2.24, 2.45) is 0 Å². The van der Waals surface area contributed by atoms with Gasteiger partial charge in [0.1, 0.15) is 11.5 Å². The Labute approximate surface area is 210 Å². The number of carbonyl (C=O) groups is 3. The molecular formula is C25H17Cl2NO5S. The average Bonchev–Trinajstić information content (AvgIpc) is 3.09. The Hall–Kier alpha value is -3.26. The summed E-state index contributed by atoms with van der Waals surface area (Å²) in [4.78, 5) is 39.0. The van der Waals surface area contributed by atoms with Crippen LogP contribution in [-0.2, 0) is 11.3 Å². The normalized spacial score (nSPS) is 14.6. The predicted molar refractivity (Wildman–Crippen MR) is 132 cm³/mol. The predicted octanol–water partition coefficient (Wildman–Crippen LogP) is 6.46. The number of benzene rings is 3. The van der Waals surface area contributed by atoms with Gasteiger partial charge in [-0.3, -0.25) is 14.5 Å². The Bertz CT molecular complexity index is 1310. The molecule has 1 saturated heterocycles. The Morgan fingerprint density at radius 1 is 1.00 bits per heavy atom. The highest BCUT2D eigenvalue weighted by atomic mass is 35.5. The lowest BCUT2D eigenvalue weighted by molar-refractivity contribution is -0.123. The van der Waals surface area contributed by atoms with Crippen LogP contribution in [0.5, 0.6) is 11.5 Å². The van der Waals surface area contributed by atoms with Crippen LogP contribution in [-0.4, -0.2) is 29.1 Å². The Balaban J connectivity index is 1.47. The highest BCUT2D eigenvalue weighted by Gasteiger charge is 2.35. The number of imide groups is 1. The topological polar surface area (TPSA) is 72.9 Å². The maximum atomic E-state index is 12.8. The van der Waals surface area contributed by atoms with Crippen LogP contribution in [0.1, 0.15) is 21.5 Å². The van der Waals surface area contributed by atoms with E-state index in [2.05, 4.69) is 0 Å². The number of amides is 2. The van der Waals surface area contributed by atoms with Gasteiger partial charge in [-0.1, -0.05) is 47.5 Å². The van der Waals surface area contributed by atoms with Crippen molar-refractivity contribution in [2.75, 3.05) is 7.11 Å². The highest BCUT2D eigenvalue weighted by molar-refractivity contribution is 8.18. The van der Waals surface area contributed by atoms with E-state index in [0.29, 0.717) is 27.5 Å². The zero-order valence-electron chi connectivity index (χ0n) is 17.8. The third kappa shape index (κ3) is 5.28. The highest BCUT2D eigenvalue weighted by Crippen LogP contribution is 2.35. The van der Waals surface area contributed by atoms with Gasteiger partial charge in [-0.15, -0.1) is 0 Å². The number of nitrogens with zero attached hydrogens (tertiary/aromatic N) is 1. The zero-order valence-corrected chi connectivity index (χ0v) is 20.1. The molecule has 3 aromatic carbocycles. The molecule has 1 aliphatic rings. The minimum absolute atomic E-state index is 0.0860. The summed E-state index contributed by atoms with van der Waals surface area (Å²) in [6.45, 7) is 0.0860. The van der Waals surface area contributed by atoms with Crippen molar-refractivity contribution < 1.29 is 23.9 Å². The number of rotatable bonds is 6. The summed E-state index contributed by atoms with van der Waals surface area (Å²) in [5, 5.41) is 0.287. The maximum absolute atomic E-state index is 12.8. The lowest BCUT2D eigenvalue weighted by Gasteiger charge is -2.13. The van der Waals surface area contributed by atoms with Crippen molar-refractivity contribution in [2.45, 2.75) is 6.54 Å². The number of methoxy groups -OCH3 is 1. The molecule has 3 aromatic rings. The first kappa shape index (κ1) is 23.9. The van der Waals surface area contributed by atoms with Crippen molar-refractivity contribution in [1.29, 1.82) is 0 Å². The van der Waals surface area contributed by atoms with Crippen LogP contribution in [0, 0.1) is 0 Å². The fraction of sp³-hybridized carbons (Fsp3) is 0.0800. The molecule has 34 heavy (non-hydrogen) atoms. The van der Waals surface area contributed by atoms with Gasteiger partial charge in [0.05, 0.1) is 29.1 Å². The van der Waals surface area contributed by atoms with Gasteiger partial charge in [0, 0.05) is 5.02 Å². The summed E-state index contributed by atoms with van der Waals surface area (Å²) < 4.78 is 10.5. The van der Waals surface area contributed by atoms with E-state index in [0.717, 1.165) is 16.7 Å². The molecule has 1 fully saturated rings. The van der Waals surface area contributed by atoms with Gasteiger partial charge >= 0.3 is 5.97 Å². The van der Waals surface area contributed by atoms with Crippen molar-refractivity contribution in [1.82, 2.24) is 4.90 Å². The van der Waals surface area contributed by atoms with Gasteiger partial charge in [-0.05, 0) is 71.4 Å². The summed E-state index contributed by atoms with van der Waals surface area (Å²) >= 11 is 13.3. The quantitative estimate of drug-likeness (QED) is 0.214. The number of carbonyl (C=O) groups excluding carboxylic acids is 3. The second-order valence-electron chi connectivity index (χ2n) is 7.17. The SMILES string of the molecule is COc1ccc(C(=O)Oc2ccc(/C=C3\SC(=O)N(Cc4ccccc4Cl)C3=O)cc2Cl)cc1. The molecule has 0 radical (unpaired) electrons. The number of ether oxygens (including phenoxy) is 2. The molecule has 0 N–H and O–H groups in total. The second-order valence-corrected chi connectivity index (χ2v) is 8.97. The van der Waals surface area contributed by atoms with Crippen molar-refractivity contribution in [3.63, 3.8) is 0 Å². The van der Waals surface area contributed by atoms with Crippen LogP contribution in [0.2, 0.25) is 10.0 Å². The third-order valence-electron chi connectivity index (χ3n) is 4.94. The van der Waals surface area contributed by atoms with Crippen molar-refractivity contribution in [3.05, 3.63) is 98.4 Å². The standard InChI is InChI=1S/C25H17Cl2NO5S/c1-32-18-9-7-16(8-10-18)24(30)33-21-11-6-15(12-20(21)27)13-22-23(29)28(25(31)34-22)14-17-4-2-3-5-19(17)26/h2-13H,14H2,1H3/b22-13-. The second kappa shape index (κ2) is 10.3. The first-order valence-electron chi connectivity index (χ1n) is 10.0. The molecule has 9 heteroatoms. The zero-order chi connectivity index (χ0) is 24.2. The Morgan fingerprint density at radius 3 is 2.41 bits per heavy atom. The molecule has 0 spiro atoms. The molecule has 2 amide bonds. The summed E-state index contributed by atoms with van der Waals surface area (Å²) in [6.07, 6.45) is 1.57. The number of esters is 1. The van der Waals surface area contributed by atoms with Gasteiger partial charge in [0.15, 0.2) is 0 Å². The lowest BCUT2D eigenvalue weighted by Crippen LogP contribution is -2.27. The fourth-order valence-corrected chi connectivity index (χ4v) is 4.42. The van der Waals surface area contributed by atoms with Crippen LogP contribution in [0.3, 0.4) is 0 Å². The third-order valence-corrected chi connectivity index (χ3v) is 6.51. The molecule has 0 bridgehead atoms. The number of halogens is 2. The molecule has 1 aliphatic heterocycles. The fourth-order valence-electron chi connectivity index (χ4n) is 3.16. The average molecular weight is 514 g/mol. The van der Waals surface area contributed by atoms with E-state index in [4.69, 9.17) is 32.7 Å². The molecule has 0 aromatic heterocycles. The van der Waals surface area contributed by atoms with E-state index in [9.17, 15) is 14.4 Å². The van der Waals surface area contributed by atoms with Gasteiger partial charge in [-0.2, -0.15) is 0 Å². The van der Waals surface area contributed by atoms with Crippen LogP contribution in [0.4, 0.5) is 4.79 Å². The first-order chi connectivity index (χ1) is 16.4. The van der Waals surface area contributed by atoms with E-state index in [1.807, 2.05) is 0 Å². The first-order valence-corrected chi connectivity index (χ1v) is 11.6. The molecule has 0 atom stereocenters. The van der Waals surface area contributed by atoms with Gasteiger partial charge in [0.25, 0.3) is 11.1 Å². The minimum Gasteiger partial charge on any atom is -0.497 e. The molecular weight excluding hydrogens is 497 g/mol. The molecule has 1 heterocycles. The van der Waals surface area contributed by atoms with E-state index in [1.54, 1.807) is 66.7 Å². The van der Waals surface area contributed by atoms with Gasteiger partial charge in [-0.25, -0.2) is 4.79 Å². The molecule has 0 aliphatic carbocycles. The van der Waals surface area contributed by atoms with Crippen LogP contribution in [0.25, 0.3) is 6.08 Å².